The molecular weight excluding hydrogens is 274 g/mol. The first-order chi connectivity index (χ1) is 9.58. The molecule has 106 valence electrons. The van der Waals surface area contributed by atoms with Crippen molar-refractivity contribution in [2.24, 2.45) is 0 Å². The Kier molecular flexibility index (Phi) is 5.01. The van der Waals surface area contributed by atoms with Gasteiger partial charge in [0, 0.05) is 29.2 Å². The van der Waals surface area contributed by atoms with Gasteiger partial charge in [0.15, 0.2) is 0 Å². The van der Waals surface area contributed by atoms with E-state index in [1.165, 1.54) is 0 Å². The molecule has 3 N–H and O–H groups in total. The van der Waals surface area contributed by atoms with Crippen LogP contribution in [0, 0.1) is 6.92 Å². The Morgan fingerprint density at radius 3 is 2.70 bits per heavy atom. The van der Waals surface area contributed by atoms with Crippen LogP contribution in [0.5, 0.6) is 5.75 Å². The summed E-state index contributed by atoms with van der Waals surface area (Å²) in [6.45, 7) is 2.84. The number of halogens is 1. The van der Waals surface area contributed by atoms with Crippen LogP contribution in [0.15, 0.2) is 42.5 Å². The number of aliphatic hydroxyl groups excluding tert-OH is 1. The number of hydrogen-bond acceptors (Lipinski definition) is 3. The second-order valence-corrected chi connectivity index (χ2v) is 5.21. The molecule has 1 unspecified atom stereocenters. The van der Waals surface area contributed by atoms with Gasteiger partial charge < -0.3 is 15.5 Å². The summed E-state index contributed by atoms with van der Waals surface area (Å²) in [4.78, 5) is 0. The topological polar surface area (TPSA) is 52.5 Å². The minimum atomic E-state index is -0.671. The molecule has 0 heterocycles. The molecule has 3 nitrogen and oxygen atoms in total. The molecule has 2 aromatic rings. The zero-order valence-electron chi connectivity index (χ0n) is 11.3. The average molecular weight is 292 g/mol. The molecular formula is C16H18ClNO2. The van der Waals surface area contributed by atoms with Crippen LogP contribution in [0.2, 0.25) is 5.02 Å². The number of phenolic OH excluding ortho intramolecular Hbond substituents is 1. The largest absolute Gasteiger partial charge is 0.508 e. The standard InChI is InChI=1S/C16H18ClNO2/c1-11-6-7-15(19)12(8-11)9-18-10-16(20)13-4-2-3-5-14(13)17/h2-8,16,18-20H,9-10H2,1H3. The number of nitrogens with one attached hydrogen (secondary N) is 1. The molecule has 1 atom stereocenters. The molecule has 0 aliphatic rings. The predicted molar refractivity (Wildman–Crippen MR) is 81.0 cm³/mol. The third kappa shape index (κ3) is 3.73. The van der Waals surface area contributed by atoms with E-state index in [2.05, 4.69) is 5.32 Å². The minimum Gasteiger partial charge on any atom is -0.508 e. The number of aliphatic hydroxyl groups is 1. The van der Waals surface area contributed by atoms with Gasteiger partial charge in [-0.05, 0) is 19.1 Å². The Morgan fingerprint density at radius 2 is 1.95 bits per heavy atom. The van der Waals surface area contributed by atoms with Crippen molar-refractivity contribution in [3.63, 3.8) is 0 Å². The van der Waals surface area contributed by atoms with Crippen LogP contribution >= 0.6 is 11.6 Å². The predicted octanol–water partition coefficient (Wildman–Crippen LogP) is 3.18. The maximum Gasteiger partial charge on any atom is 0.120 e. The fourth-order valence-corrected chi connectivity index (χ4v) is 2.32. The second-order valence-electron chi connectivity index (χ2n) is 4.80. The van der Waals surface area contributed by atoms with Crippen molar-refractivity contribution < 1.29 is 10.2 Å². The Hall–Kier alpha value is -1.55. The summed E-state index contributed by atoms with van der Waals surface area (Å²) >= 11 is 6.03. The van der Waals surface area contributed by atoms with Gasteiger partial charge >= 0.3 is 0 Å². The van der Waals surface area contributed by atoms with Gasteiger partial charge in [-0.3, -0.25) is 0 Å². The molecule has 0 fully saturated rings. The molecule has 20 heavy (non-hydrogen) atoms. The Balaban J connectivity index is 1.93. The molecule has 0 spiro atoms. The minimum absolute atomic E-state index is 0.260. The van der Waals surface area contributed by atoms with Crippen molar-refractivity contribution in [2.75, 3.05) is 6.54 Å². The van der Waals surface area contributed by atoms with Crippen LogP contribution in [-0.4, -0.2) is 16.8 Å². The van der Waals surface area contributed by atoms with Gasteiger partial charge in [0.2, 0.25) is 0 Å². The summed E-state index contributed by atoms with van der Waals surface area (Å²) in [6, 6.07) is 12.7. The number of aryl methyl sites for hydroxylation is 1. The highest BCUT2D eigenvalue weighted by atomic mass is 35.5. The summed E-state index contributed by atoms with van der Waals surface area (Å²) in [5, 5.41) is 23.5. The van der Waals surface area contributed by atoms with E-state index in [1.807, 2.05) is 31.2 Å². The van der Waals surface area contributed by atoms with E-state index in [-0.39, 0.29) is 5.75 Å². The molecule has 0 aliphatic heterocycles. The molecule has 0 radical (unpaired) electrons. The summed E-state index contributed by atoms with van der Waals surface area (Å²) < 4.78 is 0. The summed E-state index contributed by atoms with van der Waals surface area (Å²) in [6.07, 6.45) is -0.671. The maximum atomic E-state index is 10.1. The van der Waals surface area contributed by atoms with E-state index in [9.17, 15) is 10.2 Å². The molecule has 0 aliphatic carbocycles. The highest BCUT2D eigenvalue weighted by Crippen LogP contribution is 2.22. The zero-order chi connectivity index (χ0) is 14.5. The van der Waals surface area contributed by atoms with Crippen molar-refractivity contribution in [2.45, 2.75) is 19.6 Å². The lowest BCUT2D eigenvalue weighted by molar-refractivity contribution is 0.174. The van der Waals surface area contributed by atoms with E-state index in [0.29, 0.717) is 23.7 Å². The smallest absolute Gasteiger partial charge is 0.120 e. The number of hydrogen-bond donors (Lipinski definition) is 3. The van der Waals surface area contributed by atoms with Crippen LogP contribution < -0.4 is 5.32 Å². The van der Waals surface area contributed by atoms with Crippen molar-refractivity contribution >= 4 is 11.6 Å². The molecule has 0 aromatic heterocycles. The normalized spacial score (nSPS) is 12.3. The van der Waals surface area contributed by atoms with E-state index >= 15 is 0 Å². The molecule has 0 saturated carbocycles. The summed E-state index contributed by atoms with van der Waals surface area (Å²) in [5.74, 6) is 0.260. The van der Waals surface area contributed by atoms with Crippen LogP contribution in [0.1, 0.15) is 22.8 Å². The van der Waals surface area contributed by atoms with Gasteiger partial charge in [0.05, 0.1) is 6.10 Å². The van der Waals surface area contributed by atoms with Crippen molar-refractivity contribution in [3.05, 3.63) is 64.2 Å². The first-order valence-corrected chi connectivity index (χ1v) is 6.87. The molecule has 4 heteroatoms. The van der Waals surface area contributed by atoms with E-state index < -0.39 is 6.10 Å². The molecule has 0 saturated heterocycles. The summed E-state index contributed by atoms with van der Waals surface area (Å²) in [7, 11) is 0. The van der Waals surface area contributed by atoms with Crippen LogP contribution in [0.3, 0.4) is 0 Å². The van der Waals surface area contributed by atoms with Gasteiger partial charge in [0.25, 0.3) is 0 Å². The van der Waals surface area contributed by atoms with Crippen LogP contribution in [-0.2, 0) is 6.54 Å². The van der Waals surface area contributed by atoms with Crippen molar-refractivity contribution in [1.82, 2.24) is 5.32 Å². The zero-order valence-corrected chi connectivity index (χ0v) is 12.1. The fraction of sp³-hybridized carbons (Fsp3) is 0.250. The van der Waals surface area contributed by atoms with Gasteiger partial charge in [0.1, 0.15) is 5.75 Å². The molecule has 2 rings (SSSR count). The van der Waals surface area contributed by atoms with E-state index in [4.69, 9.17) is 11.6 Å². The van der Waals surface area contributed by atoms with Crippen molar-refractivity contribution in [3.8, 4) is 5.75 Å². The maximum absolute atomic E-state index is 10.1. The Bertz CT molecular complexity index is 586. The lowest BCUT2D eigenvalue weighted by Gasteiger charge is -2.14. The Labute approximate surface area is 123 Å². The number of benzene rings is 2. The SMILES string of the molecule is Cc1ccc(O)c(CNCC(O)c2ccccc2Cl)c1. The molecule has 0 bridgehead atoms. The highest BCUT2D eigenvalue weighted by molar-refractivity contribution is 6.31. The quantitative estimate of drug-likeness (QED) is 0.793. The lowest BCUT2D eigenvalue weighted by Crippen LogP contribution is -2.21. The second kappa shape index (κ2) is 6.75. The highest BCUT2D eigenvalue weighted by Gasteiger charge is 2.10. The third-order valence-corrected chi connectivity index (χ3v) is 3.50. The van der Waals surface area contributed by atoms with Crippen LogP contribution in [0.25, 0.3) is 0 Å². The molecule has 0 amide bonds. The van der Waals surface area contributed by atoms with Crippen molar-refractivity contribution in [1.29, 1.82) is 0 Å². The van der Waals surface area contributed by atoms with Gasteiger partial charge in [-0.25, -0.2) is 0 Å². The monoisotopic (exact) mass is 291 g/mol. The Morgan fingerprint density at radius 1 is 1.20 bits per heavy atom. The van der Waals surface area contributed by atoms with Gasteiger partial charge in [-0.15, -0.1) is 0 Å². The number of phenols is 1. The van der Waals surface area contributed by atoms with Gasteiger partial charge in [-0.1, -0.05) is 47.5 Å². The van der Waals surface area contributed by atoms with Crippen LogP contribution in [0.4, 0.5) is 0 Å². The lowest BCUT2D eigenvalue weighted by atomic mass is 10.1. The average Bonchev–Trinajstić information content (AvgIpc) is 2.43. The number of aromatic hydroxyl groups is 1. The van der Waals surface area contributed by atoms with E-state index in [1.54, 1.807) is 18.2 Å². The number of rotatable bonds is 5. The van der Waals surface area contributed by atoms with Gasteiger partial charge in [-0.2, -0.15) is 0 Å². The first kappa shape index (κ1) is 14.9. The fourth-order valence-electron chi connectivity index (χ4n) is 2.05. The van der Waals surface area contributed by atoms with E-state index in [0.717, 1.165) is 11.1 Å². The summed E-state index contributed by atoms with van der Waals surface area (Å²) in [5.41, 5.74) is 2.61. The first-order valence-electron chi connectivity index (χ1n) is 6.49. The third-order valence-electron chi connectivity index (χ3n) is 3.15. The molecule has 2 aromatic carbocycles.